The first-order valence-electron chi connectivity index (χ1n) is 5.83. The molecular weight excluding hydrogens is 254 g/mol. The SMILES string of the molecule is COCC(CCCl)NCCSc1ccccc1. The molecule has 0 aliphatic heterocycles. The van der Waals surface area contributed by atoms with E-state index in [0.29, 0.717) is 11.9 Å². The smallest absolute Gasteiger partial charge is 0.0616 e. The molecule has 0 fully saturated rings. The van der Waals surface area contributed by atoms with Crippen molar-refractivity contribution in [2.75, 3.05) is 31.9 Å². The standard InChI is InChI=1S/C13H20ClNOS/c1-16-11-12(7-8-14)15-9-10-17-13-5-3-2-4-6-13/h2-6,12,15H,7-11H2,1H3. The summed E-state index contributed by atoms with van der Waals surface area (Å²) in [7, 11) is 1.72. The van der Waals surface area contributed by atoms with E-state index >= 15 is 0 Å². The first-order valence-corrected chi connectivity index (χ1v) is 7.35. The van der Waals surface area contributed by atoms with Gasteiger partial charge in [0.15, 0.2) is 0 Å². The van der Waals surface area contributed by atoms with Gasteiger partial charge in [-0.3, -0.25) is 0 Å². The van der Waals surface area contributed by atoms with E-state index in [2.05, 4.69) is 29.6 Å². The number of hydrogen-bond acceptors (Lipinski definition) is 3. The van der Waals surface area contributed by atoms with Gasteiger partial charge in [0.25, 0.3) is 0 Å². The Kier molecular flexibility index (Phi) is 8.53. The molecule has 0 radical (unpaired) electrons. The zero-order chi connectivity index (χ0) is 12.3. The quantitative estimate of drug-likeness (QED) is 0.425. The van der Waals surface area contributed by atoms with Crippen molar-refractivity contribution in [2.45, 2.75) is 17.4 Å². The maximum Gasteiger partial charge on any atom is 0.0616 e. The fourth-order valence-corrected chi connectivity index (χ4v) is 2.59. The molecule has 0 aromatic heterocycles. The van der Waals surface area contributed by atoms with Crippen LogP contribution in [0.4, 0.5) is 0 Å². The summed E-state index contributed by atoms with van der Waals surface area (Å²) < 4.78 is 5.14. The van der Waals surface area contributed by atoms with Gasteiger partial charge < -0.3 is 10.1 Å². The van der Waals surface area contributed by atoms with Crippen LogP contribution in [0.15, 0.2) is 35.2 Å². The summed E-state index contributed by atoms with van der Waals surface area (Å²) in [5, 5.41) is 3.46. The van der Waals surface area contributed by atoms with E-state index in [1.165, 1.54) is 4.90 Å². The molecule has 1 rings (SSSR count). The van der Waals surface area contributed by atoms with Crippen molar-refractivity contribution in [1.82, 2.24) is 5.32 Å². The maximum absolute atomic E-state index is 5.74. The van der Waals surface area contributed by atoms with Crippen LogP contribution >= 0.6 is 23.4 Å². The van der Waals surface area contributed by atoms with Gasteiger partial charge in [-0.1, -0.05) is 18.2 Å². The van der Waals surface area contributed by atoms with Gasteiger partial charge in [0.05, 0.1) is 6.61 Å². The normalized spacial score (nSPS) is 12.6. The number of ether oxygens (including phenoxy) is 1. The predicted molar refractivity (Wildman–Crippen MR) is 76.2 cm³/mol. The summed E-state index contributed by atoms with van der Waals surface area (Å²) in [6.07, 6.45) is 0.950. The Morgan fingerprint density at radius 1 is 1.35 bits per heavy atom. The van der Waals surface area contributed by atoms with Gasteiger partial charge in [-0.05, 0) is 18.6 Å². The molecule has 0 spiro atoms. The van der Waals surface area contributed by atoms with Crippen molar-refractivity contribution < 1.29 is 4.74 Å². The molecule has 0 saturated carbocycles. The molecule has 1 atom stereocenters. The Morgan fingerprint density at radius 2 is 2.12 bits per heavy atom. The summed E-state index contributed by atoms with van der Waals surface area (Å²) in [6.45, 7) is 1.70. The van der Waals surface area contributed by atoms with E-state index in [-0.39, 0.29) is 0 Å². The molecule has 0 aliphatic carbocycles. The summed E-state index contributed by atoms with van der Waals surface area (Å²) in [5.41, 5.74) is 0. The van der Waals surface area contributed by atoms with Gasteiger partial charge in [0, 0.05) is 36.2 Å². The lowest BCUT2D eigenvalue weighted by molar-refractivity contribution is 0.166. The summed E-state index contributed by atoms with van der Waals surface area (Å²) in [4.78, 5) is 1.31. The lowest BCUT2D eigenvalue weighted by Gasteiger charge is -2.16. The van der Waals surface area contributed by atoms with Crippen molar-refractivity contribution in [3.05, 3.63) is 30.3 Å². The lowest BCUT2D eigenvalue weighted by atomic mass is 10.2. The fourth-order valence-electron chi connectivity index (χ4n) is 1.53. The molecule has 17 heavy (non-hydrogen) atoms. The topological polar surface area (TPSA) is 21.3 Å². The highest BCUT2D eigenvalue weighted by atomic mass is 35.5. The van der Waals surface area contributed by atoms with E-state index in [0.717, 1.165) is 25.3 Å². The van der Waals surface area contributed by atoms with Gasteiger partial charge in [-0.25, -0.2) is 0 Å². The molecule has 1 aromatic carbocycles. The van der Waals surface area contributed by atoms with Gasteiger partial charge in [0.2, 0.25) is 0 Å². The minimum absolute atomic E-state index is 0.369. The van der Waals surface area contributed by atoms with Crippen LogP contribution in [0.2, 0.25) is 0 Å². The third-order valence-corrected chi connectivity index (χ3v) is 3.60. The molecule has 0 heterocycles. The van der Waals surface area contributed by atoms with Crippen LogP contribution in [0.25, 0.3) is 0 Å². The van der Waals surface area contributed by atoms with Gasteiger partial charge in [-0.15, -0.1) is 23.4 Å². The molecule has 2 nitrogen and oxygen atoms in total. The number of alkyl halides is 1. The number of hydrogen-bond donors (Lipinski definition) is 1. The Hall–Kier alpha value is -0.220. The second-order valence-corrected chi connectivity index (χ2v) is 5.29. The first kappa shape index (κ1) is 14.8. The third kappa shape index (κ3) is 6.94. The second kappa shape index (κ2) is 9.77. The van der Waals surface area contributed by atoms with Crippen LogP contribution in [0.1, 0.15) is 6.42 Å². The third-order valence-electron chi connectivity index (χ3n) is 2.37. The molecule has 1 unspecified atom stereocenters. The zero-order valence-corrected chi connectivity index (χ0v) is 11.8. The van der Waals surface area contributed by atoms with Crippen molar-refractivity contribution in [3.8, 4) is 0 Å². The van der Waals surface area contributed by atoms with Gasteiger partial charge in [-0.2, -0.15) is 0 Å². The number of benzene rings is 1. The highest BCUT2D eigenvalue weighted by molar-refractivity contribution is 7.99. The van der Waals surface area contributed by atoms with E-state index in [4.69, 9.17) is 16.3 Å². The molecular formula is C13H20ClNOS. The molecule has 0 amide bonds. The Bertz CT molecular complexity index is 278. The molecule has 1 N–H and O–H groups in total. The van der Waals surface area contributed by atoms with E-state index in [9.17, 15) is 0 Å². The average Bonchev–Trinajstić information content (AvgIpc) is 2.36. The highest BCUT2D eigenvalue weighted by Crippen LogP contribution is 2.15. The van der Waals surface area contributed by atoms with E-state index in [1.807, 2.05) is 17.8 Å². The Balaban J connectivity index is 2.13. The molecule has 96 valence electrons. The van der Waals surface area contributed by atoms with Gasteiger partial charge >= 0.3 is 0 Å². The summed E-state index contributed by atoms with van der Waals surface area (Å²) in [6, 6.07) is 10.8. The molecule has 0 bridgehead atoms. The van der Waals surface area contributed by atoms with Crippen LogP contribution in [0.5, 0.6) is 0 Å². The monoisotopic (exact) mass is 273 g/mol. The maximum atomic E-state index is 5.74. The Morgan fingerprint density at radius 3 is 2.76 bits per heavy atom. The number of methoxy groups -OCH3 is 1. The summed E-state index contributed by atoms with van der Waals surface area (Å²) in [5.74, 6) is 1.74. The minimum atomic E-state index is 0.369. The largest absolute Gasteiger partial charge is 0.383 e. The van der Waals surface area contributed by atoms with Crippen molar-refractivity contribution in [1.29, 1.82) is 0 Å². The highest BCUT2D eigenvalue weighted by Gasteiger charge is 2.06. The minimum Gasteiger partial charge on any atom is -0.383 e. The Labute approximate surface area is 113 Å². The van der Waals surface area contributed by atoms with Crippen LogP contribution < -0.4 is 5.32 Å². The van der Waals surface area contributed by atoms with E-state index < -0.39 is 0 Å². The van der Waals surface area contributed by atoms with Crippen LogP contribution in [0.3, 0.4) is 0 Å². The van der Waals surface area contributed by atoms with Crippen molar-refractivity contribution in [2.24, 2.45) is 0 Å². The van der Waals surface area contributed by atoms with Crippen molar-refractivity contribution >= 4 is 23.4 Å². The zero-order valence-electron chi connectivity index (χ0n) is 10.2. The van der Waals surface area contributed by atoms with Gasteiger partial charge in [0.1, 0.15) is 0 Å². The van der Waals surface area contributed by atoms with E-state index in [1.54, 1.807) is 7.11 Å². The van der Waals surface area contributed by atoms with Crippen LogP contribution in [-0.4, -0.2) is 37.9 Å². The molecule has 0 aliphatic rings. The first-order chi connectivity index (χ1) is 8.36. The van der Waals surface area contributed by atoms with Crippen LogP contribution in [0, 0.1) is 0 Å². The number of nitrogens with one attached hydrogen (secondary N) is 1. The van der Waals surface area contributed by atoms with Crippen molar-refractivity contribution in [3.63, 3.8) is 0 Å². The fraction of sp³-hybridized carbons (Fsp3) is 0.538. The second-order valence-electron chi connectivity index (χ2n) is 3.75. The molecule has 0 saturated heterocycles. The van der Waals surface area contributed by atoms with Crippen LogP contribution in [-0.2, 0) is 4.74 Å². The molecule has 4 heteroatoms. The number of thioether (sulfide) groups is 1. The predicted octanol–water partition coefficient (Wildman–Crippen LogP) is 3.01. The number of halogens is 1. The molecule has 1 aromatic rings. The lowest BCUT2D eigenvalue weighted by Crippen LogP contribution is -2.35. The average molecular weight is 274 g/mol. The summed E-state index contributed by atoms with van der Waals surface area (Å²) >= 11 is 7.60. The number of rotatable bonds is 9.